The Bertz CT molecular complexity index is 317. The van der Waals surface area contributed by atoms with Crippen molar-refractivity contribution in [2.24, 2.45) is 0 Å². The summed E-state index contributed by atoms with van der Waals surface area (Å²) in [4.78, 5) is 0. The van der Waals surface area contributed by atoms with E-state index in [1.54, 1.807) is 0 Å². The second-order valence-electron chi connectivity index (χ2n) is 4.06. The van der Waals surface area contributed by atoms with Gasteiger partial charge in [-0.3, -0.25) is 0 Å². The molecule has 0 spiro atoms. The molecule has 2 atom stereocenters. The maximum absolute atomic E-state index is 5.23. The van der Waals surface area contributed by atoms with Crippen LogP contribution in [0.15, 0.2) is 36.9 Å². The second kappa shape index (κ2) is 8.03. The first-order valence-electron chi connectivity index (χ1n) is 5.87. The molecule has 2 unspecified atom stereocenters. The van der Waals surface area contributed by atoms with Gasteiger partial charge in [0.15, 0.2) is 0 Å². The zero-order valence-corrected chi connectivity index (χ0v) is 9.88. The van der Waals surface area contributed by atoms with Crippen molar-refractivity contribution in [1.29, 1.82) is 0 Å². The van der Waals surface area contributed by atoms with Gasteiger partial charge in [0.05, 0.1) is 26.4 Å². The van der Waals surface area contributed by atoms with Crippen molar-refractivity contribution in [2.75, 3.05) is 26.4 Å². The van der Waals surface area contributed by atoms with E-state index >= 15 is 0 Å². The highest BCUT2D eigenvalue weighted by atomic mass is 16.6. The Labute approximate surface area is 109 Å². The number of hydrogen-bond donors (Lipinski definition) is 0. The van der Waals surface area contributed by atoms with Gasteiger partial charge in [-0.05, 0) is 5.56 Å². The van der Waals surface area contributed by atoms with Crippen LogP contribution in [0.5, 0.6) is 0 Å². The zero-order valence-electron chi connectivity index (χ0n) is 9.88. The summed E-state index contributed by atoms with van der Waals surface area (Å²) in [6, 6.07) is 10.0. The van der Waals surface area contributed by atoms with E-state index in [0.717, 1.165) is 26.4 Å². The van der Waals surface area contributed by atoms with E-state index in [2.05, 4.69) is 6.58 Å². The fraction of sp³-hybridized carbons (Fsp3) is 0.467. The third-order valence-electron chi connectivity index (χ3n) is 2.45. The van der Waals surface area contributed by atoms with Gasteiger partial charge in [0.2, 0.25) is 0 Å². The molecular formula is C15H22O3. The van der Waals surface area contributed by atoms with Crippen molar-refractivity contribution < 1.29 is 14.2 Å². The molecule has 1 aromatic carbocycles. The van der Waals surface area contributed by atoms with Gasteiger partial charge in [-0.15, -0.1) is 0 Å². The molecule has 1 aromatic rings. The summed E-state index contributed by atoms with van der Waals surface area (Å²) in [5.74, 6) is 0. The van der Waals surface area contributed by atoms with Gasteiger partial charge in [0, 0.05) is 0 Å². The first kappa shape index (κ1) is 14.9. The number of hydrogen-bond acceptors (Lipinski definition) is 3. The minimum Gasteiger partial charge on any atom is -0.376 e. The molecule has 0 N–H and O–H groups in total. The van der Waals surface area contributed by atoms with Crippen LogP contribution < -0.4 is 0 Å². The monoisotopic (exact) mass is 250 g/mol. The van der Waals surface area contributed by atoms with E-state index in [1.807, 2.05) is 36.4 Å². The minimum atomic E-state index is 0. The Morgan fingerprint density at radius 2 is 1.61 bits per heavy atom. The summed E-state index contributed by atoms with van der Waals surface area (Å²) in [5.41, 5.74) is 1.17. The van der Waals surface area contributed by atoms with Crippen LogP contribution in [0.1, 0.15) is 13.0 Å². The summed E-state index contributed by atoms with van der Waals surface area (Å²) in [7, 11) is 0. The highest BCUT2D eigenvalue weighted by Crippen LogP contribution is 2.12. The fourth-order valence-corrected chi connectivity index (χ4v) is 1.25. The van der Waals surface area contributed by atoms with Crippen molar-refractivity contribution in [1.82, 2.24) is 0 Å². The normalized spacial score (nSPS) is 23.1. The lowest BCUT2D eigenvalue weighted by atomic mass is 10.2. The van der Waals surface area contributed by atoms with Crippen LogP contribution in [-0.2, 0) is 14.2 Å². The lowest BCUT2D eigenvalue weighted by molar-refractivity contribution is 0.102. The third-order valence-corrected chi connectivity index (χ3v) is 2.45. The Morgan fingerprint density at radius 3 is 1.94 bits per heavy atom. The Morgan fingerprint density at radius 1 is 1.11 bits per heavy atom. The lowest BCUT2D eigenvalue weighted by Gasteiger charge is -1.95. The molecule has 3 nitrogen and oxygen atoms in total. The number of epoxide rings is 2. The van der Waals surface area contributed by atoms with Gasteiger partial charge in [-0.2, -0.15) is 0 Å². The molecule has 3 heteroatoms. The molecule has 0 saturated carbocycles. The van der Waals surface area contributed by atoms with E-state index in [9.17, 15) is 0 Å². The molecule has 3 rings (SSSR count). The highest BCUT2D eigenvalue weighted by Gasteiger charge is 2.26. The molecule has 0 bridgehead atoms. The van der Waals surface area contributed by atoms with Crippen LogP contribution >= 0.6 is 0 Å². The SMILES string of the molecule is C.C(OCC1CO1)C1CO1.C=Cc1ccccc1. The maximum Gasteiger partial charge on any atom is 0.104 e. The Kier molecular flexibility index (Phi) is 6.65. The van der Waals surface area contributed by atoms with Crippen LogP contribution in [-0.4, -0.2) is 38.6 Å². The van der Waals surface area contributed by atoms with Crippen molar-refractivity contribution in [2.45, 2.75) is 19.6 Å². The van der Waals surface area contributed by atoms with Crippen molar-refractivity contribution in [3.05, 3.63) is 42.5 Å². The maximum atomic E-state index is 5.23. The van der Waals surface area contributed by atoms with Gasteiger partial charge in [-0.25, -0.2) is 0 Å². The lowest BCUT2D eigenvalue weighted by Crippen LogP contribution is -2.06. The predicted molar refractivity (Wildman–Crippen MR) is 73.6 cm³/mol. The number of benzene rings is 1. The fourth-order valence-electron chi connectivity index (χ4n) is 1.25. The van der Waals surface area contributed by atoms with Crippen LogP contribution in [0.25, 0.3) is 6.08 Å². The molecule has 0 aliphatic carbocycles. The molecule has 0 radical (unpaired) electrons. The van der Waals surface area contributed by atoms with Crippen molar-refractivity contribution in [3.63, 3.8) is 0 Å². The molecule has 18 heavy (non-hydrogen) atoms. The smallest absolute Gasteiger partial charge is 0.104 e. The molecule has 2 heterocycles. The quantitative estimate of drug-likeness (QED) is 0.754. The van der Waals surface area contributed by atoms with Crippen LogP contribution in [0.3, 0.4) is 0 Å². The zero-order chi connectivity index (χ0) is 11.9. The molecule has 2 aliphatic rings. The molecule has 100 valence electrons. The first-order valence-corrected chi connectivity index (χ1v) is 5.87. The third kappa shape index (κ3) is 6.55. The minimum absolute atomic E-state index is 0. The molecule has 0 amide bonds. The van der Waals surface area contributed by atoms with Crippen LogP contribution in [0, 0.1) is 0 Å². The molecule has 2 aliphatic heterocycles. The summed E-state index contributed by atoms with van der Waals surface area (Å²) in [6.45, 7) is 6.89. The predicted octanol–water partition coefficient (Wildman–Crippen LogP) is 2.77. The molecule has 0 aromatic heterocycles. The Hall–Kier alpha value is -1.16. The summed E-state index contributed by atoms with van der Waals surface area (Å²) < 4.78 is 15.1. The van der Waals surface area contributed by atoms with E-state index in [1.165, 1.54) is 5.56 Å². The van der Waals surface area contributed by atoms with Crippen LogP contribution in [0.2, 0.25) is 0 Å². The van der Waals surface area contributed by atoms with Gasteiger partial charge in [0.25, 0.3) is 0 Å². The summed E-state index contributed by atoms with van der Waals surface area (Å²) in [6.07, 6.45) is 2.62. The van der Waals surface area contributed by atoms with Gasteiger partial charge >= 0.3 is 0 Å². The van der Waals surface area contributed by atoms with E-state index in [0.29, 0.717) is 12.2 Å². The van der Waals surface area contributed by atoms with Gasteiger partial charge in [-0.1, -0.05) is 50.4 Å². The van der Waals surface area contributed by atoms with Gasteiger partial charge < -0.3 is 14.2 Å². The largest absolute Gasteiger partial charge is 0.376 e. The standard InChI is InChI=1S/C8H8.C6H10O3.CH4/c1-2-8-6-4-3-5-7-8;1(5-3-8-5)7-2-6-4-9-6;/h2-7H,1H2;5-6H,1-4H2;1H4. The van der Waals surface area contributed by atoms with Crippen molar-refractivity contribution in [3.8, 4) is 0 Å². The van der Waals surface area contributed by atoms with Crippen molar-refractivity contribution >= 4 is 6.08 Å². The average molecular weight is 250 g/mol. The summed E-state index contributed by atoms with van der Waals surface area (Å²) >= 11 is 0. The molecule has 2 saturated heterocycles. The van der Waals surface area contributed by atoms with E-state index in [4.69, 9.17) is 14.2 Å². The summed E-state index contributed by atoms with van der Waals surface area (Å²) in [5, 5.41) is 0. The Balaban J connectivity index is 0.000000172. The number of rotatable bonds is 5. The van der Waals surface area contributed by atoms with Gasteiger partial charge in [0.1, 0.15) is 12.2 Å². The highest BCUT2D eigenvalue weighted by molar-refractivity contribution is 5.45. The average Bonchev–Trinajstić information content (AvgIpc) is 3.25. The topological polar surface area (TPSA) is 34.3 Å². The number of ether oxygens (including phenoxy) is 3. The molecule has 2 fully saturated rings. The van der Waals surface area contributed by atoms with E-state index < -0.39 is 0 Å². The molecular weight excluding hydrogens is 228 g/mol. The van der Waals surface area contributed by atoms with E-state index in [-0.39, 0.29) is 7.43 Å². The second-order valence-corrected chi connectivity index (χ2v) is 4.06. The van der Waals surface area contributed by atoms with Crippen LogP contribution in [0.4, 0.5) is 0 Å². The first-order chi connectivity index (χ1) is 8.38.